The molecular formula is C29H41NO9. The number of ether oxygens (including phenoxy) is 3. The van der Waals surface area contributed by atoms with Gasteiger partial charge in [-0.3, -0.25) is 4.79 Å². The van der Waals surface area contributed by atoms with Crippen LogP contribution in [-0.2, 0) is 17.7 Å². The minimum atomic E-state index is -1.58. The summed E-state index contributed by atoms with van der Waals surface area (Å²) >= 11 is 0. The van der Waals surface area contributed by atoms with Crippen molar-refractivity contribution in [3.05, 3.63) is 22.8 Å². The summed E-state index contributed by atoms with van der Waals surface area (Å²) in [5.74, 6) is 1.09. The van der Waals surface area contributed by atoms with E-state index >= 15 is 0 Å². The summed E-state index contributed by atoms with van der Waals surface area (Å²) in [7, 11) is 0. The van der Waals surface area contributed by atoms with Gasteiger partial charge in [0.25, 0.3) is 5.91 Å². The van der Waals surface area contributed by atoms with Crippen LogP contribution in [0.2, 0.25) is 0 Å². The highest BCUT2D eigenvalue weighted by Gasteiger charge is 2.67. The summed E-state index contributed by atoms with van der Waals surface area (Å²) in [4.78, 5) is 12.8. The molecule has 6 N–H and O–H groups in total. The highest BCUT2D eigenvalue weighted by molar-refractivity contribution is 6.00. The maximum Gasteiger partial charge on any atom is 0.252 e. The third-order valence-electron chi connectivity index (χ3n) is 11.0. The van der Waals surface area contributed by atoms with Crippen LogP contribution in [0.5, 0.6) is 11.5 Å². The summed E-state index contributed by atoms with van der Waals surface area (Å²) < 4.78 is 18.9. The van der Waals surface area contributed by atoms with E-state index in [1.54, 1.807) is 6.07 Å². The summed E-state index contributed by atoms with van der Waals surface area (Å²) in [5, 5.41) is 54.7. The van der Waals surface area contributed by atoms with Crippen molar-refractivity contribution in [3.8, 4) is 11.5 Å². The highest BCUT2D eigenvalue weighted by atomic mass is 16.7. The number of carbonyl (C=O) groups excluding carboxylic acids is 1. The van der Waals surface area contributed by atoms with E-state index in [9.17, 15) is 30.3 Å². The fourth-order valence-corrected chi connectivity index (χ4v) is 8.57. The van der Waals surface area contributed by atoms with Crippen LogP contribution in [0, 0.1) is 22.7 Å². The maximum atomic E-state index is 12.8. The molecule has 10 nitrogen and oxygen atoms in total. The number of hydrogen-bond donors (Lipinski definition) is 6. The third kappa shape index (κ3) is 3.65. The smallest absolute Gasteiger partial charge is 0.252 e. The molecule has 216 valence electrons. The van der Waals surface area contributed by atoms with Crippen molar-refractivity contribution in [2.45, 2.75) is 109 Å². The molecule has 3 heterocycles. The van der Waals surface area contributed by atoms with E-state index in [1.807, 2.05) is 0 Å². The average Bonchev–Trinajstić information content (AvgIpc) is 3.48. The Kier molecular flexibility index (Phi) is 6.30. The lowest BCUT2D eigenvalue weighted by Gasteiger charge is -2.64. The SMILES string of the molecule is C[C@@H]1CC[C@H]2C(C)(C)[C@H](O)CC[C@]2(C)[C@@]12Cc1c(O[C@H]3O[C@H](CO)[C@@H](O)[C@H](O)[C@H]3O)cc3c(c1O2)CNC3=O. The Morgan fingerprint density at radius 1 is 1.05 bits per heavy atom. The molecule has 1 spiro atoms. The van der Waals surface area contributed by atoms with E-state index in [0.29, 0.717) is 36.4 Å². The summed E-state index contributed by atoms with van der Waals surface area (Å²) in [5.41, 5.74) is 0.850. The van der Waals surface area contributed by atoms with Gasteiger partial charge < -0.3 is 45.1 Å². The number of benzene rings is 1. The number of fused-ring (bicyclic) bond motifs is 5. The molecule has 0 bridgehead atoms. The van der Waals surface area contributed by atoms with E-state index in [0.717, 1.165) is 30.4 Å². The second-order valence-electron chi connectivity index (χ2n) is 13.2. The third-order valence-corrected chi connectivity index (χ3v) is 11.0. The molecule has 10 atom stereocenters. The highest BCUT2D eigenvalue weighted by Crippen LogP contribution is 2.67. The lowest BCUT2D eigenvalue weighted by Crippen LogP contribution is -2.66. The Balaban J connectivity index is 1.43. The first-order valence-electron chi connectivity index (χ1n) is 14.2. The Labute approximate surface area is 228 Å². The van der Waals surface area contributed by atoms with Gasteiger partial charge in [0.05, 0.1) is 18.3 Å². The number of amides is 1. The molecule has 2 saturated carbocycles. The largest absolute Gasteiger partial charge is 0.485 e. The zero-order valence-electron chi connectivity index (χ0n) is 23.0. The minimum absolute atomic E-state index is 0.193. The standard InChI is InChI=1S/C29H41NO9/c1-13-5-6-19-27(2,3)20(32)7-8-28(19,4)29(13)10-15-17(9-14-16(24(15)39-29)11-30-25(14)36)37-26-23(35)22(34)21(33)18(12-31)38-26/h9,13,18-23,26,31-35H,5-8,10-12H2,1-4H3,(H,30,36)/t13-,18-,19+,20-,21-,22+,23-,26+,28+,29-/m1/s1. The van der Waals surface area contributed by atoms with E-state index in [4.69, 9.17) is 14.2 Å². The van der Waals surface area contributed by atoms with Crippen molar-refractivity contribution in [2.75, 3.05) is 6.61 Å². The molecule has 0 radical (unpaired) electrons. The first-order valence-corrected chi connectivity index (χ1v) is 14.2. The second-order valence-corrected chi connectivity index (χ2v) is 13.2. The first kappa shape index (κ1) is 27.2. The van der Waals surface area contributed by atoms with Crippen LogP contribution >= 0.6 is 0 Å². The van der Waals surface area contributed by atoms with Gasteiger partial charge in [-0.15, -0.1) is 0 Å². The van der Waals surface area contributed by atoms with Crippen LogP contribution in [0.4, 0.5) is 0 Å². The van der Waals surface area contributed by atoms with Gasteiger partial charge >= 0.3 is 0 Å². The average molecular weight is 548 g/mol. The molecule has 1 amide bonds. The molecule has 3 aliphatic heterocycles. The number of carbonyl (C=O) groups is 1. The zero-order chi connectivity index (χ0) is 28.1. The van der Waals surface area contributed by atoms with Gasteiger partial charge in [-0.05, 0) is 49.0 Å². The van der Waals surface area contributed by atoms with Crippen LogP contribution in [0.3, 0.4) is 0 Å². The number of aliphatic hydroxyl groups is 5. The van der Waals surface area contributed by atoms with Crippen LogP contribution in [0.1, 0.15) is 74.9 Å². The van der Waals surface area contributed by atoms with Crippen molar-refractivity contribution in [3.63, 3.8) is 0 Å². The predicted octanol–water partition coefficient (Wildman–Crippen LogP) is 1.02. The summed E-state index contributed by atoms with van der Waals surface area (Å²) in [6, 6.07) is 1.64. The zero-order valence-corrected chi connectivity index (χ0v) is 23.0. The Bertz CT molecular complexity index is 1170. The van der Waals surface area contributed by atoms with E-state index in [1.165, 1.54) is 0 Å². The lowest BCUT2D eigenvalue weighted by molar-refractivity contribution is -0.277. The fraction of sp³-hybridized carbons (Fsp3) is 0.759. The number of aliphatic hydroxyl groups excluding tert-OH is 5. The van der Waals surface area contributed by atoms with Gasteiger partial charge in [-0.25, -0.2) is 0 Å². The summed E-state index contributed by atoms with van der Waals surface area (Å²) in [6.45, 7) is 8.58. The van der Waals surface area contributed by atoms with Crippen LogP contribution in [-0.4, -0.2) is 80.5 Å². The fourth-order valence-electron chi connectivity index (χ4n) is 8.57. The Morgan fingerprint density at radius 2 is 1.79 bits per heavy atom. The molecule has 5 aliphatic rings. The monoisotopic (exact) mass is 547 g/mol. The van der Waals surface area contributed by atoms with Crippen molar-refractivity contribution >= 4 is 5.91 Å². The van der Waals surface area contributed by atoms with E-state index in [2.05, 4.69) is 33.0 Å². The number of rotatable bonds is 3. The van der Waals surface area contributed by atoms with Crippen LogP contribution < -0.4 is 14.8 Å². The molecule has 1 aromatic carbocycles. The molecule has 6 rings (SSSR count). The van der Waals surface area contributed by atoms with Crippen LogP contribution in [0.15, 0.2) is 6.07 Å². The molecule has 2 aliphatic carbocycles. The van der Waals surface area contributed by atoms with Gasteiger partial charge in [-0.2, -0.15) is 0 Å². The molecule has 39 heavy (non-hydrogen) atoms. The molecule has 3 fully saturated rings. The van der Waals surface area contributed by atoms with Gasteiger partial charge in [0, 0.05) is 29.5 Å². The molecule has 0 aromatic heterocycles. The maximum absolute atomic E-state index is 12.8. The lowest BCUT2D eigenvalue weighted by atomic mass is 9.43. The minimum Gasteiger partial charge on any atom is -0.485 e. The van der Waals surface area contributed by atoms with Gasteiger partial charge in [0.2, 0.25) is 6.29 Å². The predicted molar refractivity (Wildman–Crippen MR) is 138 cm³/mol. The molecular weight excluding hydrogens is 506 g/mol. The van der Waals surface area contributed by atoms with E-state index in [-0.39, 0.29) is 34.7 Å². The van der Waals surface area contributed by atoms with Crippen LogP contribution in [0.25, 0.3) is 0 Å². The second kappa shape index (κ2) is 9.03. The molecule has 10 heteroatoms. The van der Waals surface area contributed by atoms with Crippen molar-refractivity contribution in [1.29, 1.82) is 0 Å². The number of hydrogen-bond acceptors (Lipinski definition) is 9. The first-order chi connectivity index (χ1) is 18.4. The topological polar surface area (TPSA) is 158 Å². The quantitative estimate of drug-likeness (QED) is 0.325. The van der Waals surface area contributed by atoms with Gasteiger partial charge in [-0.1, -0.05) is 27.7 Å². The van der Waals surface area contributed by atoms with E-state index < -0.39 is 42.9 Å². The normalized spacial score (nSPS) is 44.3. The molecule has 1 saturated heterocycles. The Hall–Kier alpha value is -1.95. The van der Waals surface area contributed by atoms with Crippen molar-refractivity contribution in [1.82, 2.24) is 5.32 Å². The molecule has 1 aromatic rings. The molecule has 0 unspecified atom stereocenters. The number of nitrogens with one attached hydrogen (secondary N) is 1. The van der Waals surface area contributed by atoms with Crippen molar-refractivity contribution in [2.24, 2.45) is 22.7 Å². The summed E-state index contributed by atoms with van der Waals surface area (Å²) in [6.07, 6.45) is -3.59. The van der Waals surface area contributed by atoms with Gasteiger partial charge in [0.15, 0.2) is 0 Å². The van der Waals surface area contributed by atoms with Crippen molar-refractivity contribution < 1.29 is 44.5 Å². The Morgan fingerprint density at radius 3 is 2.51 bits per heavy atom. The van der Waals surface area contributed by atoms with Gasteiger partial charge in [0.1, 0.15) is 41.5 Å².